The van der Waals surface area contributed by atoms with E-state index in [4.69, 9.17) is 5.11 Å². The van der Waals surface area contributed by atoms with Gasteiger partial charge in [0.25, 0.3) is 0 Å². The molecule has 0 aliphatic heterocycles. The molecule has 0 radical (unpaired) electrons. The highest BCUT2D eigenvalue weighted by molar-refractivity contribution is 5.91. The van der Waals surface area contributed by atoms with E-state index in [1.54, 1.807) is 25.1 Å². The van der Waals surface area contributed by atoms with Gasteiger partial charge in [-0.05, 0) is 36.8 Å². The highest BCUT2D eigenvalue weighted by Gasteiger charge is 2.10. The van der Waals surface area contributed by atoms with Gasteiger partial charge in [-0.3, -0.25) is 0 Å². The molecule has 0 aliphatic carbocycles. The summed E-state index contributed by atoms with van der Waals surface area (Å²) in [6.07, 6.45) is 1.47. The molecule has 108 valence electrons. The van der Waals surface area contributed by atoms with Crippen molar-refractivity contribution in [2.45, 2.75) is 6.92 Å². The summed E-state index contributed by atoms with van der Waals surface area (Å²) in [5.41, 5.74) is 2.30. The molecule has 1 heterocycles. The van der Waals surface area contributed by atoms with Crippen molar-refractivity contribution in [3.8, 4) is 0 Å². The zero-order valence-corrected chi connectivity index (χ0v) is 11.6. The number of carbonyl (C=O) groups is 2. The number of nitrogens with one attached hydrogen (secondary N) is 1. The molecule has 21 heavy (non-hydrogen) atoms. The first-order valence-electron chi connectivity index (χ1n) is 6.16. The van der Waals surface area contributed by atoms with Gasteiger partial charge in [-0.25, -0.2) is 14.6 Å². The molecule has 0 unspecified atom stereocenters. The van der Waals surface area contributed by atoms with Crippen LogP contribution in [0.5, 0.6) is 0 Å². The largest absolute Gasteiger partial charge is 0.478 e. The molecule has 2 aromatic rings. The van der Waals surface area contributed by atoms with E-state index in [0.29, 0.717) is 16.9 Å². The lowest BCUT2D eigenvalue weighted by Crippen LogP contribution is -2.05. The van der Waals surface area contributed by atoms with E-state index in [9.17, 15) is 9.59 Å². The third-order valence-electron chi connectivity index (χ3n) is 2.91. The molecule has 0 atom stereocenters. The molecular weight excluding hydrogens is 272 g/mol. The summed E-state index contributed by atoms with van der Waals surface area (Å²) in [4.78, 5) is 26.4. The van der Waals surface area contributed by atoms with Crippen LogP contribution in [0.25, 0.3) is 0 Å². The van der Waals surface area contributed by atoms with E-state index < -0.39 is 11.9 Å². The number of methoxy groups -OCH3 is 1. The van der Waals surface area contributed by atoms with Crippen LogP contribution in [-0.4, -0.2) is 29.1 Å². The predicted octanol–water partition coefficient (Wildman–Crippen LogP) is 2.62. The second kappa shape index (κ2) is 6.04. The van der Waals surface area contributed by atoms with Crippen LogP contribution in [0.1, 0.15) is 26.4 Å². The Kier molecular flexibility index (Phi) is 4.18. The zero-order valence-electron chi connectivity index (χ0n) is 11.6. The van der Waals surface area contributed by atoms with Crippen molar-refractivity contribution >= 4 is 23.3 Å². The number of aromatic nitrogens is 1. The number of hydrogen-bond donors (Lipinski definition) is 2. The fourth-order valence-electron chi connectivity index (χ4n) is 1.82. The molecular formula is C15H14N2O4. The average Bonchev–Trinajstić information content (AvgIpc) is 2.48. The fourth-order valence-corrected chi connectivity index (χ4v) is 1.82. The number of ether oxygens (including phenoxy) is 1. The van der Waals surface area contributed by atoms with Gasteiger partial charge in [0.05, 0.1) is 12.7 Å². The van der Waals surface area contributed by atoms with Gasteiger partial charge in [-0.1, -0.05) is 6.07 Å². The molecule has 6 nitrogen and oxygen atoms in total. The maximum atomic E-state index is 11.4. The number of hydrogen-bond acceptors (Lipinski definition) is 5. The fraction of sp³-hybridized carbons (Fsp3) is 0.133. The zero-order chi connectivity index (χ0) is 15.4. The maximum absolute atomic E-state index is 11.4. The van der Waals surface area contributed by atoms with Crippen molar-refractivity contribution in [3.63, 3.8) is 0 Å². The average molecular weight is 286 g/mol. The highest BCUT2D eigenvalue weighted by Crippen LogP contribution is 2.20. The van der Waals surface area contributed by atoms with Crippen LogP contribution >= 0.6 is 0 Å². The Bertz CT molecular complexity index is 698. The predicted molar refractivity (Wildman–Crippen MR) is 77.0 cm³/mol. The van der Waals surface area contributed by atoms with Crippen molar-refractivity contribution in [1.82, 2.24) is 4.98 Å². The van der Waals surface area contributed by atoms with Gasteiger partial charge in [0.2, 0.25) is 0 Å². The van der Waals surface area contributed by atoms with Gasteiger partial charge in [0.1, 0.15) is 5.69 Å². The third kappa shape index (κ3) is 3.36. The van der Waals surface area contributed by atoms with Crippen molar-refractivity contribution in [2.24, 2.45) is 0 Å². The number of carbonyl (C=O) groups excluding carboxylic acids is 1. The van der Waals surface area contributed by atoms with Crippen molar-refractivity contribution in [1.29, 1.82) is 0 Å². The number of pyridine rings is 1. The Labute approximate surface area is 121 Å². The van der Waals surface area contributed by atoms with Gasteiger partial charge >= 0.3 is 11.9 Å². The van der Waals surface area contributed by atoms with Gasteiger partial charge < -0.3 is 15.2 Å². The number of carboxylic acids is 1. The molecule has 0 saturated heterocycles. The second-order valence-electron chi connectivity index (χ2n) is 4.38. The molecule has 2 N–H and O–H groups in total. The van der Waals surface area contributed by atoms with Crippen LogP contribution in [-0.2, 0) is 4.74 Å². The lowest BCUT2D eigenvalue weighted by molar-refractivity contribution is 0.0593. The molecule has 0 saturated carbocycles. The Morgan fingerprint density at radius 3 is 2.57 bits per heavy atom. The Morgan fingerprint density at radius 2 is 1.90 bits per heavy atom. The lowest BCUT2D eigenvalue weighted by atomic mass is 10.1. The minimum Gasteiger partial charge on any atom is -0.478 e. The molecule has 1 aromatic carbocycles. The molecule has 1 aromatic heterocycles. The summed E-state index contributed by atoms with van der Waals surface area (Å²) >= 11 is 0. The summed E-state index contributed by atoms with van der Waals surface area (Å²) in [6.45, 7) is 1.73. The monoisotopic (exact) mass is 286 g/mol. The summed E-state index contributed by atoms with van der Waals surface area (Å²) in [7, 11) is 1.28. The highest BCUT2D eigenvalue weighted by atomic mass is 16.5. The van der Waals surface area contributed by atoms with E-state index in [1.165, 1.54) is 25.4 Å². The van der Waals surface area contributed by atoms with E-state index in [2.05, 4.69) is 15.0 Å². The van der Waals surface area contributed by atoms with Gasteiger partial charge in [-0.2, -0.15) is 0 Å². The lowest BCUT2D eigenvalue weighted by Gasteiger charge is -2.09. The smallest absolute Gasteiger partial charge is 0.356 e. The molecule has 0 aliphatic rings. The number of benzene rings is 1. The molecule has 0 amide bonds. The van der Waals surface area contributed by atoms with Crippen molar-refractivity contribution in [2.75, 3.05) is 12.4 Å². The van der Waals surface area contributed by atoms with Gasteiger partial charge in [0, 0.05) is 17.6 Å². The van der Waals surface area contributed by atoms with Crippen molar-refractivity contribution < 1.29 is 19.4 Å². The van der Waals surface area contributed by atoms with Crippen molar-refractivity contribution in [3.05, 3.63) is 53.3 Å². The van der Waals surface area contributed by atoms with Crippen LogP contribution in [0.4, 0.5) is 11.4 Å². The number of esters is 1. The number of aryl methyl sites for hydroxylation is 1. The SMILES string of the molecule is COC(=O)c1cc(Nc2ccc(C)c(C(=O)O)c2)ccn1. The summed E-state index contributed by atoms with van der Waals surface area (Å²) in [5.74, 6) is -1.52. The molecule has 0 spiro atoms. The van der Waals surface area contributed by atoms with Crippen LogP contribution in [0.2, 0.25) is 0 Å². The number of rotatable bonds is 4. The van der Waals surface area contributed by atoms with Crippen LogP contribution in [0.15, 0.2) is 36.5 Å². The molecule has 2 rings (SSSR count). The quantitative estimate of drug-likeness (QED) is 0.840. The molecule has 6 heteroatoms. The third-order valence-corrected chi connectivity index (χ3v) is 2.91. The Balaban J connectivity index is 2.28. The summed E-state index contributed by atoms with van der Waals surface area (Å²) in [6, 6.07) is 8.23. The standard InChI is InChI=1S/C15H14N2O4/c1-9-3-4-10(7-12(9)14(18)19)17-11-5-6-16-13(8-11)15(20)21-2/h3-8H,1-2H3,(H,16,17)(H,18,19). The van der Waals surface area contributed by atoms with Crippen LogP contribution in [0.3, 0.4) is 0 Å². The van der Waals surface area contributed by atoms with E-state index >= 15 is 0 Å². The first-order valence-corrected chi connectivity index (χ1v) is 6.16. The van der Waals surface area contributed by atoms with Crippen LogP contribution < -0.4 is 5.32 Å². The first kappa shape index (κ1) is 14.5. The second-order valence-corrected chi connectivity index (χ2v) is 4.38. The van der Waals surface area contributed by atoms with Crippen LogP contribution in [0, 0.1) is 6.92 Å². The van der Waals surface area contributed by atoms with E-state index in [-0.39, 0.29) is 11.3 Å². The minimum absolute atomic E-state index is 0.174. The summed E-state index contributed by atoms with van der Waals surface area (Å²) in [5, 5.41) is 12.1. The molecule has 0 fully saturated rings. The van der Waals surface area contributed by atoms with Gasteiger partial charge in [0.15, 0.2) is 0 Å². The number of nitrogens with zero attached hydrogens (tertiary/aromatic N) is 1. The maximum Gasteiger partial charge on any atom is 0.356 e. The van der Waals surface area contributed by atoms with E-state index in [1.807, 2.05) is 0 Å². The van der Waals surface area contributed by atoms with Gasteiger partial charge in [-0.15, -0.1) is 0 Å². The Hall–Kier alpha value is -2.89. The topological polar surface area (TPSA) is 88.5 Å². The Morgan fingerprint density at radius 1 is 1.19 bits per heavy atom. The van der Waals surface area contributed by atoms with E-state index in [0.717, 1.165) is 0 Å². The first-order chi connectivity index (χ1) is 10.0. The number of carboxylic acid groups (broad SMARTS) is 1. The molecule has 0 bridgehead atoms. The normalized spacial score (nSPS) is 10.0. The minimum atomic E-state index is -0.985. The summed E-state index contributed by atoms with van der Waals surface area (Å²) < 4.78 is 4.60. The number of aromatic carboxylic acids is 1. The number of anilines is 2.